The third kappa shape index (κ3) is 4.23. The summed E-state index contributed by atoms with van der Waals surface area (Å²) in [5.41, 5.74) is 4.41. The number of carbonyl (C=O) groups is 2. The Labute approximate surface area is 164 Å². The minimum atomic E-state index is -0.402. The largest absolute Gasteiger partial charge is 0.468 e. The van der Waals surface area contributed by atoms with Crippen LogP contribution in [0.5, 0.6) is 0 Å². The smallest absolute Gasteiger partial charge is 0.410 e. The first-order valence-corrected chi connectivity index (χ1v) is 8.47. The fourth-order valence-electron chi connectivity index (χ4n) is 3.37. The van der Waals surface area contributed by atoms with E-state index in [1.165, 1.54) is 14.2 Å². The van der Waals surface area contributed by atoms with E-state index in [1.807, 2.05) is 36.4 Å². The van der Waals surface area contributed by atoms with Crippen molar-refractivity contribution in [1.29, 1.82) is 0 Å². The second-order valence-corrected chi connectivity index (χ2v) is 5.99. The summed E-state index contributed by atoms with van der Waals surface area (Å²) >= 11 is 0. The number of methoxy groups -OCH3 is 2. The van der Waals surface area contributed by atoms with Gasteiger partial charge in [-0.2, -0.15) is 0 Å². The zero-order valence-electron chi connectivity index (χ0n) is 15.3. The number of carbonyl (C=O) groups excluding carboxylic acids is 2. The molecular weight excluding hydrogens is 368 g/mol. The predicted molar refractivity (Wildman–Crippen MR) is 105 cm³/mol. The fraction of sp³-hybridized carbons (Fsp3) is 0.300. The van der Waals surface area contributed by atoms with E-state index in [1.54, 1.807) is 4.90 Å². The molecule has 7 heteroatoms. The molecule has 2 aromatic carbocycles. The Morgan fingerprint density at radius 2 is 1.52 bits per heavy atom. The Morgan fingerprint density at radius 1 is 0.963 bits per heavy atom. The average Bonchev–Trinajstić information content (AvgIpc) is 3.02. The fourth-order valence-corrected chi connectivity index (χ4v) is 3.37. The lowest BCUT2D eigenvalue weighted by Gasteiger charge is -2.29. The van der Waals surface area contributed by atoms with Gasteiger partial charge in [0.05, 0.1) is 26.8 Å². The van der Waals surface area contributed by atoms with Gasteiger partial charge in [0.15, 0.2) is 0 Å². The third-order valence-electron chi connectivity index (χ3n) is 4.55. The third-order valence-corrected chi connectivity index (χ3v) is 4.55. The van der Waals surface area contributed by atoms with E-state index in [0.29, 0.717) is 13.1 Å². The van der Waals surface area contributed by atoms with Gasteiger partial charge in [0, 0.05) is 13.1 Å². The van der Waals surface area contributed by atoms with E-state index in [4.69, 9.17) is 4.74 Å². The van der Waals surface area contributed by atoms with E-state index < -0.39 is 6.09 Å². The first-order chi connectivity index (χ1) is 12.7. The van der Waals surface area contributed by atoms with Gasteiger partial charge in [-0.1, -0.05) is 48.5 Å². The number of benzene rings is 2. The molecule has 0 unspecified atom stereocenters. The summed E-state index contributed by atoms with van der Waals surface area (Å²) in [6.07, 6.45) is -0.402. The van der Waals surface area contributed by atoms with Crippen molar-refractivity contribution in [2.24, 2.45) is 0 Å². The Kier molecular flexibility index (Phi) is 7.21. The van der Waals surface area contributed by atoms with Crippen LogP contribution < -0.4 is 5.32 Å². The first-order valence-electron chi connectivity index (χ1n) is 8.47. The van der Waals surface area contributed by atoms with Gasteiger partial charge >= 0.3 is 12.1 Å². The van der Waals surface area contributed by atoms with Crippen molar-refractivity contribution in [2.45, 2.75) is 6.04 Å². The Hall–Kier alpha value is -2.57. The maximum atomic E-state index is 12.5. The number of amides is 1. The highest BCUT2D eigenvalue weighted by Gasteiger charge is 2.35. The average molecular weight is 391 g/mol. The topological polar surface area (TPSA) is 67.9 Å². The highest BCUT2D eigenvalue weighted by atomic mass is 35.5. The number of hydrogen-bond acceptors (Lipinski definition) is 5. The molecule has 0 saturated heterocycles. The number of fused-ring (bicyclic) bond motifs is 3. The van der Waals surface area contributed by atoms with E-state index in [0.717, 1.165) is 22.3 Å². The van der Waals surface area contributed by atoms with Crippen LogP contribution in [0, 0.1) is 0 Å². The van der Waals surface area contributed by atoms with Crippen LogP contribution in [0.2, 0.25) is 0 Å². The van der Waals surface area contributed by atoms with E-state index >= 15 is 0 Å². The molecule has 1 aliphatic rings. The number of rotatable bonds is 6. The molecule has 144 valence electrons. The van der Waals surface area contributed by atoms with Crippen LogP contribution in [0.15, 0.2) is 48.5 Å². The van der Waals surface area contributed by atoms with Crippen LogP contribution in [-0.4, -0.2) is 50.8 Å². The molecule has 0 aliphatic heterocycles. The lowest BCUT2D eigenvalue weighted by atomic mass is 10.0. The minimum Gasteiger partial charge on any atom is -0.468 e. The molecule has 0 aromatic heterocycles. The molecule has 0 fully saturated rings. The normalized spacial score (nSPS) is 11.8. The SMILES string of the molecule is COC(=O)CNCCN(C(=O)OC)C1c2ccccc2-c2ccccc21.Cl. The Bertz CT molecular complexity index is 767. The van der Waals surface area contributed by atoms with Gasteiger partial charge in [0.1, 0.15) is 0 Å². The number of ether oxygens (including phenoxy) is 2. The van der Waals surface area contributed by atoms with Crippen LogP contribution >= 0.6 is 12.4 Å². The standard InChI is InChI=1S/C20H22N2O4.ClH/c1-25-18(23)13-21-11-12-22(20(24)26-2)19-16-9-5-3-7-14(16)15-8-4-6-10-17(15)19;/h3-10,19,21H,11-13H2,1-2H3;1H. The number of nitrogens with one attached hydrogen (secondary N) is 1. The zero-order chi connectivity index (χ0) is 18.5. The summed E-state index contributed by atoms with van der Waals surface area (Å²) in [4.78, 5) is 25.4. The molecule has 0 heterocycles. The number of hydrogen-bond donors (Lipinski definition) is 1. The lowest BCUT2D eigenvalue weighted by molar-refractivity contribution is -0.139. The highest BCUT2D eigenvalue weighted by Crippen LogP contribution is 2.46. The molecule has 27 heavy (non-hydrogen) atoms. The summed E-state index contributed by atoms with van der Waals surface area (Å²) < 4.78 is 9.63. The second-order valence-electron chi connectivity index (χ2n) is 5.99. The van der Waals surface area contributed by atoms with Gasteiger partial charge in [-0.15, -0.1) is 12.4 Å². The highest BCUT2D eigenvalue weighted by molar-refractivity contribution is 5.85. The Morgan fingerprint density at radius 3 is 2.04 bits per heavy atom. The maximum Gasteiger partial charge on any atom is 0.410 e. The molecular formula is C20H23ClN2O4. The predicted octanol–water partition coefficient (Wildman–Crippen LogP) is 3.01. The first kappa shape index (κ1) is 20.7. The molecule has 1 amide bonds. The summed E-state index contributed by atoms with van der Waals surface area (Å²) in [6.45, 7) is 0.950. The van der Waals surface area contributed by atoms with Gasteiger partial charge in [0.2, 0.25) is 0 Å². The molecule has 0 atom stereocenters. The number of esters is 1. The monoisotopic (exact) mass is 390 g/mol. The summed E-state index contributed by atoms with van der Waals surface area (Å²) in [5, 5.41) is 2.99. The lowest BCUT2D eigenvalue weighted by Crippen LogP contribution is -2.40. The van der Waals surface area contributed by atoms with Gasteiger partial charge in [-0.25, -0.2) is 4.79 Å². The number of nitrogens with zero attached hydrogens (tertiary/aromatic N) is 1. The molecule has 3 rings (SSSR count). The Balaban J connectivity index is 0.00000261. The molecule has 1 N–H and O–H groups in total. The van der Waals surface area contributed by atoms with Gasteiger partial charge in [0.25, 0.3) is 0 Å². The summed E-state index contributed by atoms with van der Waals surface area (Å²) in [7, 11) is 2.72. The zero-order valence-corrected chi connectivity index (χ0v) is 16.1. The van der Waals surface area contributed by atoms with Gasteiger partial charge in [-0.05, 0) is 22.3 Å². The quantitative estimate of drug-likeness (QED) is 0.606. The van der Waals surface area contributed by atoms with Crippen molar-refractivity contribution in [3.63, 3.8) is 0 Å². The molecule has 0 bridgehead atoms. The van der Waals surface area contributed by atoms with E-state index in [9.17, 15) is 9.59 Å². The van der Waals surface area contributed by atoms with Crippen LogP contribution in [0.25, 0.3) is 11.1 Å². The van der Waals surface area contributed by atoms with Crippen molar-refractivity contribution in [3.8, 4) is 11.1 Å². The molecule has 6 nitrogen and oxygen atoms in total. The van der Waals surface area contributed by atoms with E-state index in [2.05, 4.69) is 22.2 Å². The summed E-state index contributed by atoms with van der Waals surface area (Å²) in [5.74, 6) is -0.342. The second kappa shape index (κ2) is 9.39. The minimum absolute atomic E-state index is 0. The van der Waals surface area contributed by atoms with Crippen LogP contribution in [0.3, 0.4) is 0 Å². The molecule has 1 aliphatic carbocycles. The molecule has 0 radical (unpaired) electrons. The summed E-state index contributed by atoms with van der Waals surface area (Å²) in [6, 6.07) is 15.9. The molecule has 0 saturated carbocycles. The maximum absolute atomic E-state index is 12.5. The van der Waals surface area contributed by atoms with Crippen LogP contribution in [0.4, 0.5) is 4.79 Å². The van der Waals surface area contributed by atoms with Crippen molar-refractivity contribution < 1.29 is 19.1 Å². The van der Waals surface area contributed by atoms with Gasteiger partial charge < -0.3 is 14.8 Å². The van der Waals surface area contributed by atoms with Crippen molar-refractivity contribution in [2.75, 3.05) is 33.9 Å². The van der Waals surface area contributed by atoms with Crippen LogP contribution in [-0.2, 0) is 14.3 Å². The van der Waals surface area contributed by atoms with Crippen molar-refractivity contribution in [1.82, 2.24) is 10.2 Å². The van der Waals surface area contributed by atoms with Gasteiger partial charge in [-0.3, -0.25) is 9.69 Å². The van der Waals surface area contributed by atoms with Crippen LogP contribution in [0.1, 0.15) is 17.2 Å². The van der Waals surface area contributed by atoms with Crippen molar-refractivity contribution >= 4 is 24.5 Å². The number of halogens is 1. The van der Waals surface area contributed by atoms with E-state index in [-0.39, 0.29) is 31.0 Å². The van der Waals surface area contributed by atoms with Crippen molar-refractivity contribution in [3.05, 3.63) is 59.7 Å². The molecule has 2 aromatic rings. The molecule has 0 spiro atoms.